The third-order valence-electron chi connectivity index (χ3n) is 3.18. The molecule has 1 heterocycles. The van der Waals surface area contributed by atoms with Gasteiger partial charge in [-0.15, -0.1) is 0 Å². The Labute approximate surface area is 106 Å². The van der Waals surface area contributed by atoms with Crippen molar-refractivity contribution < 1.29 is 14.3 Å². The van der Waals surface area contributed by atoms with Gasteiger partial charge in [-0.05, 0) is 32.0 Å². The summed E-state index contributed by atoms with van der Waals surface area (Å²) in [4.78, 5) is 12.0. The Balaban J connectivity index is 2.70. The van der Waals surface area contributed by atoms with E-state index in [0.717, 1.165) is 22.3 Å². The molecule has 0 aliphatic rings. The Morgan fingerprint density at radius 1 is 1.39 bits per heavy atom. The van der Waals surface area contributed by atoms with Crippen molar-refractivity contribution in [1.29, 1.82) is 0 Å². The van der Waals surface area contributed by atoms with Gasteiger partial charge >= 0.3 is 5.97 Å². The Kier molecular flexibility index (Phi) is 3.28. The van der Waals surface area contributed by atoms with Crippen LogP contribution in [0.3, 0.4) is 0 Å². The molecular weight excluding hydrogens is 230 g/mol. The minimum absolute atomic E-state index is 0.283. The smallest absolute Gasteiger partial charge is 0.340 e. The molecule has 0 bridgehead atoms. The molecule has 0 radical (unpaired) electrons. The Morgan fingerprint density at radius 3 is 2.72 bits per heavy atom. The van der Waals surface area contributed by atoms with Crippen molar-refractivity contribution in [2.75, 3.05) is 13.7 Å². The standard InChI is InChI=1S/C14H17NO3/c1-5-18-14(16)13-9(2)15(3)12-7-6-10(17-4)8-11(12)13/h6-8H,5H2,1-4H3. The maximum Gasteiger partial charge on any atom is 0.340 e. The van der Waals surface area contributed by atoms with Gasteiger partial charge in [-0.3, -0.25) is 0 Å². The van der Waals surface area contributed by atoms with Gasteiger partial charge in [0.05, 0.1) is 19.3 Å². The van der Waals surface area contributed by atoms with E-state index in [2.05, 4.69) is 0 Å². The lowest BCUT2D eigenvalue weighted by Crippen LogP contribution is -2.06. The molecule has 18 heavy (non-hydrogen) atoms. The molecule has 4 heteroatoms. The molecule has 0 N–H and O–H groups in total. The second-order valence-corrected chi connectivity index (χ2v) is 4.12. The molecule has 96 valence electrons. The fraction of sp³-hybridized carbons (Fsp3) is 0.357. The molecule has 1 aromatic heterocycles. The summed E-state index contributed by atoms with van der Waals surface area (Å²) in [6.45, 7) is 4.09. The summed E-state index contributed by atoms with van der Waals surface area (Å²) in [6.07, 6.45) is 0. The highest BCUT2D eigenvalue weighted by atomic mass is 16.5. The van der Waals surface area contributed by atoms with E-state index < -0.39 is 0 Å². The summed E-state index contributed by atoms with van der Waals surface area (Å²) in [5, 5.41) is 0.868. The van der Waals surface area contributed by atoms with Gasteiger partial charge in [-0.25, -0.2) is 4.79 Å². The van der Waals surface area contributed by atoms with Crippen LogP contribution in [-0.2, 0) is 11.8 Å². The van der Waals surface area contributed by atoms with E-state index in [9.17, 15) is 4.79 Å². The topological polar surface area (TPSA) is 40.5 Å². The number of hydrogen-bond donors (Lipinski definition) is 0. The van der Waals surface area contributed by atoms with E-state index in [4.69, 9.17) is 9.47 Å². The van der Waals surface area contributed by atoms with Crippen LogP contribution in [0.15, 0.2) is 18.2 Å². The van der Waals surface area contributed by atoms with E-state index >= 15 is 0 Å². The highest BCUT2D eigenvalue weighted by Crippen LogP contribution is 2.29. The number of nitrogens with zero attached hydrogens (tertiary/aromatic N) is 1. The molecule has 0 unspecified atom stereocenters. The number of carbonyl (C=O) groups is 1. The number of carbonyl (C=O) groups excluding carboxylic acids is 1. The van der Waals surface area contributed by atoms with Crippen LogP contribution >= 0.6 is 0 Å². The fourth-order valence-corrected chi connectivity index (χ4v) is 2.14. The quantitative estimate of drug-likeness (QED) is 0.783. The minimum atomic E-state index is -0.283. The molecule has 2 aromatic rings. The van der Waals surface area contributed by atoms with Crippen molar-refractivity contribution in [3.63, 3.8) is 0 Å². The summed E-state index contributed by atoms with van der Waals surface area (Å²) in [6, 6.07) is 5.70. The predicted octanol–water partition coefficient (Wildman–Crippen LogP) is 2.67. The number of esters is 1. The molecule has 0 saturated heterocycles. The molecule has 4 nitrogen and oxygen atoms in total. The van der Waals surface area contributed by atoms with Crippen LogP contribution in [-0.4, -0.2) is 24.3 Å². The van der Waals surface area contributed by atoms with Crippen LogP contribution in [0, 0.1) is 6.92 Å². The third kappa shape index (κ3) is 1.83. The van der Waals surface area contributed by atoms with Crippen LogP contribution in [0.1, 0.15) is 23.0 Å². The van der Waals surface area contributed by atoms with Crippen LogP contribution in [0.4, 0.5) is 0 Å². The monoisotopic (exact) mass is 247 g/mol. The number of benzene rings is 1. The van der Waals surface area contributed by atoms with Gasteiger partial charge in [0.2, 0.25) is 0 Å². The third-order valence-corrected chi connectivity index (χ3v) is 3.18. The zero-order chi connectivity index (χ0) is 13.3. The molecule has 0 aliphatic heterocycles. The molecule has 0 atom stereocenters. The number of aryl methyl sites for hydroxylation is 1. The average molecular weight is 247 g/mol. The Bertz CT molecular complexity index is 599. The summed E-state index contributed by atoms with van der Waals surface area (Å²) in [5.74, 6) is 0.451. The second kappa shape index (κ2) is 4.72. The highest BCUT2D eigenvalue weighted by Gasteiger charge is 2.19. The summed E-state index contributed by atoms with van der Waals surface area (Å²) >= 11 is 0. The first kappa shape index (κ1) is 12.5. The van der Waals surface area contributed by atoms with E-state index in [1.807, 2.05) is 36.7 Å². The number of methoxy groups -OCH3 is 1. The first-order valence-corrected chi connectivity index (χ1v) is 5.90. The average Bonchev–Trinajstić information content (AvgIpc) is 2.62. The number of ether oxygens (including phenoxy) is 2. The minimum Gasteiger partial charge on any atom is -0.497 e. The van der Waals surface area contributed by atoms with Gasteiger partial charge in [0.1, 0.15) is 5.75 Å². The predicted molar refractivity (Wildman–Crippen MR) is 70.2 cm³/mol. The number of aromatic nitrogens is 1. The van der Waals surface area contributed by atoms with Gasteiger partial charge in [0.15, 0.2) is 0 Å². The van der Waals surface area contributed by atoms with E-state index in [1.165, 1.54) is 0 Å². The molecule has 0 aliphatic carbocycles. The molecular formula is C14H17NO3. The first-order valence-electron chi connectivity index (χ1n) is 5.90. The van der Waals surface area contributed by atoms with Crippen LogP contribution in [0.25, 0.3) is 10.9 Å². The van der Waals surface area contributed by atoms with E-state index in [-0.39, 0.29) is 5.97 Å². The normalized spacial score (nSPS) is 10.7. The highest BCUT2D eigenvalue weighted by molar-refractivity contribution is 6.06. The first-order chi connectivity index (χ1) is 8.60. The summed E-state index contributed by atoms with van der Waals surface area (Å²) in [5.41, 5.74) is 2.52. The maximum absolute atomic E-state index is 12.0. The molecule has 0 fully saturated rings. The number of fused-ring (bicyclic) bond motifs is 1. The molecule has 0 spiro atoms. The lowest BCUT2D eigenvalue weighted by molar-refractivity contribution is 0.0527. The molecule has 1 aromatic carbocycles. The van der Waals surface area contributed by atoms with Gasteiger partial charge in [0.25, 0.3) is 0 Å². The van der Waals surface area contributed by atoms with Crippen LogP contribution in [0.2, 0.25) is 0 Å². The fourth-order valence-electron chi connectivity index (χ4n) is 2.14. The second-order valence-electron chi connectivity index (χ2n) is 4.12. The van der Waals surface area contributed by atoms with Gasteiger partial charge in [-0.2, -0.15) is 0 Å². The van der Waals surface area contributed by atoms with Crippen molar-refractivity contribution in [2.45, 2.75) is 13.8 Å². The van der Waals surface area contributed by atoms with E-state index in [0.29, 0.717) is 12.2 Å². The van der Waals surface area contributed by atoms with Crippen LogP contribution < -0.4 is 4.74 Å². The molecule has 0 saturated carbocycles. The van der Waals surface area contributed by atoms with Gasteiger partial charge in [-0.1, -0.05) is 0 Å². The number of hydrogen-bond acceptors (Lipinski definition) is 3. The lowest BCUT2D eigenvalue weighted by Gasteiger charge is -2.02. The summed E-state index contributed by atoms with van der Waals surface area (Å²) < 4.78 is 12.3. The van der Waals surface area contributed by atoms with E-state index in [1.54, 1.807) is 14.0 Å². The van der Waals surface area contributed by atoms with Gasteiger partial charge in [0, 0.05) is 23.6 Å². The van der Waals surface area contributed by atoms with Crippen molar-refractivity contribution in [1.82, 2.24) is 4.57 Å². The zero-order valence-electron chi connectivity index (χ0n) is 11.1. The van der Waals surface area contributed by atoms with Crippen molar-refractivity contribution >= 4 is 16.9 Å². The Hall–Kier alpha value is -1.97. The largest absolute Gasteiger partial charge is 0.497 e. The maximum atomic E-state index is 12.0. The Morgan fingerprint density at radius 2 is 2.11 bits per heavy atom. The number of rotatable bonds is 3. The lowest BCUT2D eigenvalue weighted by atomic mass is 10.1. The SMILES string of the molecule is CCOC(=O)c1c(C)n(C)c2ccc(OC)cc12. The van der Waals surface area contributed by atoms with Crippen LogP contribution in [0.5, 0.6) is 5.75 Å². The summed E-state index contributed by atoms with van der Waals surface area (Å²) in [7, 11) is 3.55. The molecule has 2 rings (SSSR count). The van der Waals surface area contributed by atoms with Gasteiger partial charge < -0.3 is 14.0 Å². The molecule has 0 amide bonds. The van der Waals surface area contributed by atoms with Crippen molar-refractivity contribution in [2.24, 2.45) is 7.05 Å². The van der Waals surface area contributed by atoms with Crippen molar-refractivity contribution in [3.05, 3.63) is 29.5 Å². The zero-order valence-corrected chi connectivity index (χ0v) is 11.1. The van der Waals surface area contributed by atoms with Crippen molar-refractivity contribution in [3.8, 4) is 5.75 Å².